The van der Waals surface area contributed by atoms with E-state index in [-0.39, 0.29) is 17.3 Å². The highest BCUT2D eigenvalue weighted by atomic mass is 32.2. The fraction of sp³-hybridized carbons (Fsp3) is 0.350. The molecule has 6 nitrogen and oxygen atoms in total. The molecule has 0 saturated carbocycles. The van der Waals surface area contributed by atoms with Crippen LogP contribution in [-0.2, 0) is 14.8 Å². The van der Waals surface area contributed by atoms with Gasteiger partial charge in [0.2, 0.25) is 15.9 Å². The smallest absolute Gasteiger partial charge is 0.243 e. The van der Waals surface area contributed by atoms with Crippen molar-refractivity contribution in [1.82, 2.24) is 4.31 Å². The molecule has 27 heavy (non-hydrogen) atoms. The molecule has 7 heteroatoms. The van der Waals surface area contributed by atoms with Gasteiger partial charge in [-0.05, 0) is 68.1 Å². The molecule has 1 heterocycles. The molecule has 2 aromatic carbocycles. The summed E-state index contributed by atoms with van der Waals surface area (Å²) in [5.41, 5.74) is 3.70. The second kappa shape index (κ2) is 8.10. The lowest BCUT2D eigenvalue weighted by atomic mass is 10.1. The number of amides is 1. The van der Waals surface area contributed by atoms with Crippen LogP contribution in [0.3, 0.4) is 0 Å². The minimum Gasteiger partial charge on any atom is -0.376 e. The van der Waals surface area contributed by atoms with Gasteiger partial charge in [-0.1, -0.05) is 12.1 Å². The van der Waals surface area contributed by atoms with Gasteiger partial charge in [0.1, 0.15) is 0 Å². The van der Waals surface area contributed by atoms with Crippen LogP contribution in [0.4, 0.5) is 11.4 Å². The van der Waals surface area contributed by atoms with Crippen molar-refractivity contribution in [3.63, 3.8) is 0 Å². The largest absolute Gasteiger partial charge is 0.376 e. The number of benzene rings is 2. The van der Waals surface area contributed by atoms with Crippen LogP contribution in [0.1, 0.15) is 24.0 Å². The van der Waals surface area contributed by atoms with E-state index < -0.39 is 10.0 Å². The lowest BCUT2D eigenvalue weighted by Crippen LogP contribution is -2.28. The summed E-state index contributed by atoms with van der Waals surface area (Å²) in [6.07, 6.45) is 1.78. The molecule has 1 fully saturated rings. The standard InChI is InChI=1S/C20H25N3O3S/c1-15-8-9-17(12-16(15)2)21-14-20(24)22-18-6-5-7-19(13-18)27(25,26)23-10-3-4-11-23/h5-9,12-13,21H,3-4,10-11,14H2,1-2H3,(H,22,24). The van der Waals surface area contributed by atoms with E-state index in [1.165, 1.54) is 15.9 Å². The van der Waals surface area contributed by atoms with Crippen LogP contribution in [0, 0.1) is 13.8 Å². The average molecular weight is 388 g/mol. The second-order valence-electron chi connectivity index (χ2n) is 6.84. The van der Waals surface area contributed by atoms with E-state index in [0.717, 1.165) is 24.1 Å². The number of anilines is 2. The molecule has 0 aliphatic carbocycles. The van der Waals surface area contributed by atoms with Crippen molar-refractivity contribution in [3.05, 3.63) is 53.6 Å². The van der Waals surface area contributed by atoms with Gasteiger partial charge in [-0.25, -0.2) is 8.42 Å². The van der Waals surface area contributed by atoms with Gasteiger partial charge in [0, 0.05) is 24.5 Å². The van der Waals surface area contributed by atoms with Gasteiger partial charge < -0.3 is 10.6 Å². The number of carbonyl (C=O) groups excluding carboxylic acids is 1. The summed E-state index contributed by atoms with van der Waals surface area (Å²) in [5, 5.41) is 5.84. The first-order chi connectivity index (χ1) is 12.9. The van der Waals surface area contributed by atoms with Gasteiger partial charge in [-0.2, -0.15) is 4.31 Å². The van der Waals surface area contributed by atoms with Crippen LogP contribution in [0.2, 0.25) is 0 Å². The summed E-state index contributed by atoms with van der Waals surface area (Å²) in [7, 11) is -3.49. The van der Waals surface area contributed by atoms with Gasteiger partial charge in [0.05, 0.1) is 11.4 Å². The lowest BCUT2D eigenvalue weighted by molar-refractivity contribution is -0.114. The number of sulfonamides is 1. The maximum atomic E-state index is 12.6. The fourth-order valence-corrected chi connectivity index (χ4v) is 4.61. The molecule has 1 aliphatic heterocycles. The van der Waals surface area contributed by atoms with Crippen molar-refractivity contribution in [2.75, 3.05) is 30.3 Å². The van der Waals surface area contributed by atoms with Crippen LogP contribution < -0.4 is 10.6 Å². The molecule has 1 amide bonds. The van der Waals surface area contributed by atoms with Gasteiger partial charge >= 0.3 is 0 Å². The van der Waals surface area contributed by atoms with Crippen LogP contribution in [0.25, 0.3) is 0 Å². The third-order valence-electron chi connectivity index (χ3n) is 4.78. The maximum Gasteiger partial charge on any atom is 0.243 e. The Morgan fingerprint density at radius 2 is 1.74 bits per heavy atom. The predicted molar refractivity (Wildman–Crippen MR) is 107 cm³/mol. The molecule has 0 unspecified atom stereocenters. The topological polar surface area (TPSA) is 78.5 Å². The van der Waals surface area contributed by atoms with Crippen LogP contribution >= 0.6 is 0 Å². The number of carbonyl (C=O) groups is 1. The first kappa shape index (κ1) is 19.4. The lowest BCUT2D eigenvalue weighted by Gasteiger charge is -2.16. The Bertz CT molecular complexity index is 935. The zero-order valence-corrected chi connectivity index (χ0v) is 16.5. The van der Waals surface area contributed by atoms with E-state index >= 15 is 0 Å². The Balaban J connectivity index is 1.63. The molecule has 144 valence electrons. The predicted octanol–water partition coefficient (Wildman–Crippen LogP) is 3.14. The van der Waals surface area contributed by atoms with Crippen molar-refractivity contribution in [2.45, 2.75) is 31.6 Å². The molecule has 0 radical (unpaired) electrons. The highest BCUT2D eigenvalue weighted by Crippen LogP contribution is 2.23. The highest BCUT2D eigenvalue weighted by Gasteiger charge is 2.27. The zero-order chi connectivity index (χ0) is 19.4. The quantitative estimate of drug-likeness (QED) is 0.798. The second-order valence-corrected chi connectivity index (χ2v) is 8.78. The Morgan fingerprint density at radius 3 is 2.44 bits per heavy atom. The van der Waals surface area contributed by atoms with Crippen molar-refractivity contribution in [2.24, 2.45) is 0 Å². The highest BCUT2D eigenvalue weighted by molar-refractivity contribution is 7.89. The van der Waals surface area contributed by atoms with Crippen molar-refractivity contribution in [1.29, 1.82) is 0 Å². The van der Waals surface area contributed by atoms with Gasteiger partial charge in [-0.3, -0.25) is 4.79 Å². The van der Waals surface area contributed by atoms with Crippen LogP contribution in [-0.4, -0.2) is 38.3 Å². The van der Waals surface area contributed by atoms with E-state index in [4.69, 9.17) is 0 Å². The Labute approximate surface area is 160 Å². The van der Waals surface area contributed by atoms with E-state index in [9.17, 15) is 13.2 Å². The number of aryl methyl sites for hydroxylation is 2. The molecule has 1 aliphatic rings. The number of nitrogens with one attached hydrogen (secondary N) is 2. The fourth-order valence-electron chi connectivity index (χ4n) is 3.05. The van der Waals surface area contributed by atoms with Crippen molar-refractivity contribution >= 4 is 27.3 Å². The Hall–Kier alpha value is -2.38. The minimum absolute atomic E-state index is 0.103. The zero-order valence-electron chi connectivity index (χ0n) is 15.7. The summed E-state index contributed by atoms with van der Waals surface area (Å²) < 4.78 is 26.8. The summed E-state index contributed by atoms with van der Waals surface area (Å²) in [6.45, 7) is 5.27. The van der Waals surface area contributed by atoms with E-state index in [1.807, 2.05) is 32.0 Å². The van der Waals surface area contributed by atoms with E-state index in [0.29, 0.717) is 18.8 Å². The van der Waals surface area contributed by atoms with E-state index in [1.54, 1.807) is 18.2 Å². The van der Waals surface area contributed by atoms with Gasteiger partial charge in [-0.15, -0.1) is 0 Å². The molecule has 0 spiro atoms. The number of hydrogen-bond acceptors (Lipinski definition) is 4. The molecule has 0 atom stereocenters. The van der Waals surface area contributed by atoms with Crippen molar-refractivity contribution < 1.29 is 13.2 Å². The third kappa shape index (κ3) is 4.67. The average Bonchev–Trinajstić information content (AvgIpc) is 3.18. The monoisotopic (exact) mass is 387 g/mol. The number of hydrogen-bond donors (Lipinski definition) is 2. The molecule has 2 N–H and O–H groups in total. The van der Waals surface area contributed by atoms with Crippen LogP contribution in [0.5, 0.6) is 0 Å². The van der Waals surface area contributed by atoms with E-state index in [2.05, 4.69) is 10.6 Å². The maximum absolute atomic E-state index is 12.6. The number of rotatable bonds is 6. The molecular weight excluding hydrogens is 362 g/mol. The van der Waals surface area contributed by atoms with Crippen molar-refractivity contribution in [3.8, 4) is 0 Å². The van der Waals surface area contributed by atoms with Gasteiger partial charge in [0.15, 0.2) is 0 Å². The molecule has 3 rings (SSSR count). The Kier molecular flexibility index (Phi) is 5.82. The molecule has 0 bridgehead atoms. The number of nitrogens with zero attached hydrogens (tertiary/aromatic N) is 1. The third-order valence-corrected chi connectivity index (χ3v) is 6.68. The first-order valence-corrected chi connectivity index (χ1v) is 10.5. The van der Waals surface area contributed by atoms with Gasteiger partial charge in [0.25, 0.3) is 0 Å². The van der Waals surface area contributed by atoms with Crippen LogP contribution in [0.15, 0.2) is 47.4 Å². The summed E-state index contributed by atoms with van der Waals surface area (Å²) in [6, 6.07) is 12.3. The summed E-state index contributed by atoms with van der Waals surface area (Å²) in [4.78, 5) is 12.4. The SMILES string of the molecule is Cc1ccc(NCC(=O)Nc2cccc(S(=O)(=O)N3CCCC3)c2)cc1C. The Morgan fingerprint density at radius 1 is 1.00 bits per heavy atom. The molecule has 0 aromatic heterocycles. The minimum atomic E-state index is -3.49. The normalized spacial score (nSPS) is 14.9. The first-order valence-electron chi connectivity index (χ1n) is 9.07. The molecule has 1 saturated heterocycles. The molecular formula is C20H25N3O3S. The summed E-state index contributed by atoms with van der Waals surface area (Å²) in [5.74, 6) is -0.232. The molecule has 2 aromatic rings. The summed E-state index contributed by atoms with van der Waals surface area (Å²) >= 11 is 0.